The summed E-state index contributed by atoms with van der Waals surface area (Å²) < 4.78 is 46.3. The van der Waals surface area contributed by atoms with E-state index in [-0.39, 0.29) is 49.1 Å². The number of nitrogens with zero attached hydrogens (tertiary/aromatic N) is 3. The third-order valence-electron chi connectivity index (χ3n) is 16.2. The highest BCUT2D eigenvalue weighted by Gasteiger charge is 2.54. The predicted molar refractivity (Wildman–Crippen MR) is 281 cm³/mol. The van der Waals surface area contributed by atoms with Gasteiger partial charge in [-0.1, -0.05) is 38.9 Å². The maximum Gasteiger partial charge on any atom is 0.341 e. The van der Waals surface area contributed by atoms with Crippen molar-refractivity contribution in [2.75, 3.05) is 34.3 Å². The van der Waals surface area contributed by atoms with E-state index in [0.29, 0.717) is 49.8 Å². The molecule has 0 amide bonds. The molecule has 5 rings (SSSR count). The summed E-state index contributed by atoms with van der Waals surface area (Å²) >= 11 is 0. The van der Waals surface area contributed by atoms with Crippen LogP contribution in [0.2, 0.25) is 0 Å². The quantitative estimate of drug-likeness (QED) is 0.0505. The number of esters is 2. The van der Waals surface area contributed by atoms with Crippen LogP contribution in [0.3, 0.4) is 0 Å². The Morgan fingerprint density at radius 1 is 0.947 bits per heavy atom. The van der Waals surface area contributed by atoms with E-state index in [0.717, 1.165) is 5.56 Å². The number of carboxylic acids is 1. The molecular formula is C55H88N4O17. The summed E-state index contributed by atoms with van der Waals surface area (Å²) in [6.07, 6.45) is -7.70. The highest BCUT2D eigenvalue weighted by molar-refractivity contribution is 5.92. The van der Waals surface area contributed by atoms with Gasteiger partial charge < -0.3 is 78.7 Å². The molecule has 4 heterocycles. The summed E-state index contributed by atoms with van der Waals surface area (Å²) in [5.74, 6) is -6.35. The van der Waals surface area contributed by atoms with Crippen molar-refractivity contribution in [3.05, 3.63) is 45.7 Å². The Labute approximate surface area is 447 Å². The largest absolute Gasteiger partial charge is 0.477 e. The van der Waals surface area contributed by atoms with Crippen molar-refractivity contribution >= 4 is 34.5 Å². The SMILES string of the molecule is CC[C@@H]1OC(=O)[C@H](C)[C@H](OC2CC(C)(OC)[C@H](OC(=O)CCNCCCc3ccc4c(c3)c(=O)c(C(=O)O)cn4CC)[C@H](C)O2)[C@@H](C)[C@H](O[C@@H]2O[C@H](C)C[C@H](N(C)C)[C@@H]2O)[C@](C)(O)C[C@H](C)/C(=N\O)[C@@H](C)[C@H](O)[C@]1(C)O. The van der Waals surface area contributed by atoms with Gasteiger partial charge in [0.1, 0.15) is 29.0 Å². The highest BCUT2D eigenvalue weighted by atomic mass is 16.7. The number of carbonyl (C=O) groups is 3. The van der Waals surface area contributed by atoms with Crippen LogP contribution in [0.1, 0.15) is 131 Å². The van der Waals surface area contributed by atoms with Gasteiger partial charge in [-0.05, 0) is 119 Å². The van der Waals surface area contributed by atoms with Gasteiger partial charge in [-0.25, -0.2) is 4.79 Å². The summed E-state index contributed by atoms with van der Waals surface area (Å²) in [6, 6.07) is 5.11. The number of cyclic esters (lactones) is 1. The van der Waals surface area contributed by atoms with Crippen molar-refractivity contribution in [3.8, 4) is 0 Å². The lowest BCUT2D eigenvalue weighted by Gasteiger charge is -2.49. The van der Waals surface area contributed by atoms with Crippen molar-refractivity contribution in [1.29, 1.82) is 0 Å². The van der Waals surface area contributed by atoms with Crippen LogP contribution in [0, 0.1) is 23.7 Å². The molecule has 1 aromatic heterocycles. The number of aromatic carboxylic acids is 1. The fourth-order valence-electron chi connectivity index (χ4n) is 11.8. The van der Waals surface area contributed by atoms with Gasteiger partial charge in [0.2, 0.25) is 5.43 Å². The summed E-state index contributed by atoms with van der Waals surface area (Å²) in [7, 11) is 5.16. The number of hydrogen-bond acceptors (Lipinski definition) is 19. The third kappa shape index (κ3) is 14.2. The molecule has 3 fully saturated rings. The van der Waals surface area contributed by atoms with E-state index in [1.165, 1.54) is 27.2 Å². The Morgan fingerprint density at radius 2 is 1.63 bits per heavy atom. The monoisotopic (exact) mass is 1080 g/mol. The Kier molecular flexibility index (Phi) is 21.6. The first-order valence-electron chi connectivity index (χ1n) is 26.9. The number of aliphatic hydroxyl groups is 4. The molecule has 0 radical (unpaired) electrons. The second-order valence-electron chi connectivity index (χ2n) is 22.5. The number of aromatic nitrogens is 1. The molecular weight excluding hydrogens is 989 g/mol. The zero-order valence-electron chi connectivity index (χ0n) is 47.1. The summed E-state index contributed by atoms with van der Waals surface area (Å²) in [4.78, 5) is 54.5. The van der Waals surface area contributed by atoms with Crippen molar-refractivity contribution in [2.45, 2.75) is 212 Å². The van der Waals surface area contributed by atoms with Crippen molar-refractivity contribution in [3.63, 3.8) is 0 Å². The van der Waals surface area contributed by atoms with Crippen LogP contribution in [0.5, 0.6) is 0 Å². The Hall–Kier alpha value is -4.13. The van der Waals surface area contributed by atoms with Crippen LogP contribution in [0.25, 0.3) is 10.9 Å². The molecule has 1 aromatic carbocycles. The first kappa shape index (κ1) is 62.7. The number of oxime groups is 1. The van der Waals surface area contributed by atoms with E-state index >= 15 is 0 Å². The Balaban J connectivity index is 1.35. The lowest BCUT2D eigenvalue weighted by Crippen LogP contribution is -2.61. The number of carboxylic acid groups (broad SMARTS) is 1. The maximum atomic E-state index is 14.5. The Morgan fingerprint density at radius 3 is 2.24 bits per heavy atom. The van der Waals surface area contributed by atoms with E-state index in [9.17, 15) is 49.9 Å². The average molecular weight is 1080 g/mol. The molecule has 3 aliphatic rings. The minimum atomic E-state index is -2.03. The van der Waals surface area contributed by atoms with Crippen LogP contribution in [0.15, 0.2) is 34.3 Å². The standard InChI is InChI=1S/C55H88N4O17/c1-15-40-55(11,68)47(63)31(5)43(57-69)29(3)26-53(9,67)48(76-52-45(62)39(58(12)13)24-30(4)71-52)32(6)46(33(7)51(66)73-40)75-42-27-54(10,70-14)49(34(8)72-42)74-41(60)21-23-56-22-17-18-35-19-20-38-36(25-35)44(61)37(50(64)65)28-59(38)16-2/h19-20,25,28-34,39-40,42,45-49,52,56,62-63,67-69H,15-18,21-24,26-27H2,1-14H3,(H,64,65)/b57-43+/t29-,30+,31+,32+,33+,34-,39-,40-,42?,45-,46+,47-,48-,49+,52-,53+,54?,55+/m0/s1. The molecule has 430 valence electrons. The molecule has 2 aromatic rings. The number of rotatable bonds is 17. The van der Waals surface area contributed by atoms with Gasteiger partial charge in [0.15, 0.2) is 18.7 Å². The van der Waals surface area contributed by atoms with Gasteiger partial charge in [0, 0.05) is 62.0 Å². The van der Waals surface area contributed by atoms with E-state index < -0.39 is 119 Å². The number of nitrogens with one attached hydrogen (secondary N) is 1. The zero-order chi connectivity index (χ0) is 56.8. The maximum absolute atomic E-state index is 14.5. The molecule has 3 saturated heterocycles. The van der Waals surface area contributed by atoms with Crippen LogP contribution in [-0.4, -0.2) is 182 Å². The van der Waals surface area contributed by atoms with E-state index in [1.807, 2.05) is 45.0 Å². The fourth-order valence-corrected chi connectivity index (χ4v) is 11.8. The van der Waals surface area contributed by atoms with Gasteiger partial charge in [-0.3, -0.25) is 14.4 Å². The number of fused-ring (bicyclic) bond motifs is 1. The summed E-state index contributed by atoms with van der Waals surface area (Å²) in [6.45, 7) is 19.8. The average Bonchev–Trinajstić information content (AvgIpc) is 3.36. The van der Waals surface area contributed by atoms with Crippen LogP contribution in [0.4, 0.5) is 0 Å². The second-order valence-corrected chi connectivity index (χ2v) is 22.5. The molecule has 0 aliphatic carbocycles. The van der Waals surface area contributed by atoms with E-state index in [1.54, 1.807) is 59.1 Å². The number of carbonyl (C=O) groups excluding carboxylic acids is 2. The number of likely N-dealkylation sites (N-methyl/N-ethyl adjacent to an activating group) is 1. The molecule has 76 heavy (non-hydrogen) atoms. The number of aryl methyl sites for hydroxylation is 2. The van der Waals surface area contributed by atoms with Gasteiger partial charge in [-0.15, -0.1) is 0 Å². The smallest absolute Gasteiger partial charge is 0.341 e. The normalized spacial score (nSPS) is 37.7. The van der Waals surface area contributed by atoms with Crippen molar-refractivity contribution in [2.24, 2.45) is 28.8 Å². The molecule has 21 nitrogen and oxygen atoms in total. The van der Waals surface area contributed by atoms with Crippen LogP contribution in [-0.2, 0) is 55.7 Å². The molecule has 0 bridgehead atoms. The lowest BCUT2D eigenvalue weighted by atomic mass is 9.73. The molecule has 2 unspecified atom stereocenters. The second kappa shape index (κ2) is 26.2. The minimum Gasteiger partial charge on any atom is -0.477 e. The Bertz CT molecular complexity index is 2380. The molecule has 7 N–H and O–H groups in total. The first-order valence-corrected chi connectivity index (χ1v) is 26.9. The number of benzene rings is 1. The topological polar surface area (TPSA) is 287 Å². The molecule has 18 atom stereocenters. The number of ether oxygens (including phenoxy) is 7. The fraction of sp³-hybridized carbons (Fsp3) is 0.764. The van der Waals surface area contributed by atoms with Crippen LogP contribution >= 0.6 is 0 Å². The number of pyridine rings is 1. The first-order chi connectivity index (χ1) is 35.6. The lowest BCUT2D eigenvalue weighted by molar-refractivity contribution is -0.318. The molecule has 3 aliphatic heterocycles. The van der Waals surface area contributed by atoms with Crippen molar-refractivity contribution in [1.82, 2.24) is 14.8 Å². The van der Waals surface area contributed by atoms with Gasteiger partial charge in [0.25, 0.3) is 0 Å². The van der Waals surface area contributed by atoms with Gasteiger partial charge >= 0.3 is 17.9 Å². The molecule has 21 heteroatoms. The third-order valence-corrected chi connectivity index (χ3v) is 16.2. The summed E-state index contributed by atoms with van der Waals surface area (Å²) in [5.41, 5.74) is -4.24. The zero-order valence-corrected chi connectivity index (χ0v) is 47.1. The van der Waals surface area contributed by atoms with Gasteiger partial charge in [0.05, 0.1) is 59.7 Å². The van der Waals surface area contributed by atoms with E-state index in [2.05, 4.69) is 10.5 Å². The van der Waals surface area contributed by atoms with E-state index in [4.69, 9.17) is 33.2 Å². The number of hydrogen-bond donors (Lipinski definition) is 7. The van der Waals surface area contributed by atoms with Crippen LogP contribution < -0.4 is 10.7 Å². The van der Waals surface area contributed by atoms with Gasteiger partial charge in [-0.2, -0.15) is 0 Å². The minimum absolute atomic E-state index is 0.00578. The molecule has 0 spiro atoms. The number of methoxy groups -OCH3 is 1. The highest BCUT2D eigenvalue weighted by Crippen LogP contribution is 2.42. The van der Waals surface area contributed by atoms with Crippen molar-refractivity contribution < 1.29 is 78.3 Å². The predicted octanol–water partition coefficient (Wildman–Crippen LogP) is 4.24. The number of aliphatic hydroxyl groups excluding tert-OH is 2. The molecule has 0 saturated carbocycles. The summed E-state index contributed by atoms with van der Waals surface area (Å²) in [5, 5.41) is 75.2.